The lowest BCUT2D eigenvalue weighted by Gasteiger charge is -2.08. The van der Waals surface area contributed by atoms with Gasteiger partial charge in [0.15, 0.2) is 11.3 Å². The molecule has 1 amide bonds. The Morgan fingerprint density at radius 2 is 2.08 bits per heavy atom. The van der Waals surface area contributed by atoms with Gasteiger partial charge in [-0.15, -0.1) is 0 Å². The topological polar surface area (TPSA) is 120 Å². The Morgan fingerprint density at radius 3 is 2.64 bits per heavy atom. The first-order chi connectivity index (χ1) is 11.8. The normalized spacial score (nSPS) is 13.3. The van der Waals surface area contributed by atoms with Crippen LogP contribution in [0, 0.1) is 0 Å². The zero-order valence-electron chi connectivity index (χ0n) is 13.6. The number of alkyl halides is 2. The molecule has 2 aromatic heterocycles. The zero-order valence-corrected chi connectivity index (χ0v) is 13.6. The highest BCUT2D eigenvalue weighted by atomic mass is 19.3. The number of hydrogen-bond donors (Lipinski definition) is 3. The molecule has 0 bridgehead atoms. The molecule has 0 unspecified atom stereocenters. The van der Waals surface area contributed by atoms with Gasteiger partial charge in [0.2, 0.25) is 0 Å². The number of imidazole rings is 1. The van der Waals surface area contributed by atoms with Crippen molar-refractivity contribution in [1.29, 1.82) is 0 Å². The molecule has 25 heavy (non-hydrogen) atoms. The van der Waals surface area contributed by atoms with E-state index < -0.39 is 12.5 Å². The van der Waals surface area contributed by atoms with E-state index in [0.717, 1.165) is 6.33 Å². The number of rotatable bonds is 5. The Morgan fingerprint density at radius 1 is 1.40 bits per heavy atom. The molecule has 9 heteroatoms. The number of carbonyl (C=O) groups excluding carboxylic acids is 1. The number of halogens is 2. The molecule has 0 aromatic carbocycles. The monoisotopic (exact) mass is 349 g/mol. The molecule has 0 aliphatic rings. The molecule has 0 aliphatic carbocycles. The van der Waals surface area contributed by atoms with Crippen LogP contribution in [0.4, 0.5) is 14.5 Å². The maximum absolute atomic E-state index is 13.1. The van der Waals surface area contributed by atoms with Crippen LogP contribution in [0.1, 0.15) is 36.4 Å². The Kier molecular flexibility index (Phi) is 5.16. The number of allylic oxidation sites excluding steroid dienone is 4. The number of fused-ring (bicyclic) bond motifs is 1. The first-order valence-electron chi connectivity index (χ1n) is 7.21. The lowest BCUT2D eigenvalue weighted by molar-refractivity contribution is 0.0738. The van der Waals surface area contributed by atoms with Gasteiger partial charge in [-0.25, -0.2) is 9.97 Å². The molecule has 0 spiro atoms. The number of aliphatic hydroxyl groups is 1. The summed E-state index contributed by atoms with van der Waals surface area (Å²) in [5.41, 5.74) is 11.6. The fourth-order valence-corrected chi connectivity index (χ4v) is 2.14. The molecule has 0 radical (unpaired) electrons. The minimum Gasteiger partial charge on any atom is -0.508 e. The van der Waals surface area contributed by atoms with Crippen LogP contribution < -0.4 is 11.5 Å². The summed E-state index contributed by atoms with van der Waals surface area (Å²) < 4.78 is 26.7. The lowest BCUT2D eigenvalue weighted by Crippen LogP contribution is -2.17. The van der Waals surface area contributed by atoms with E-state index in [-0.39, 0.29) is 33.9 Å². The van der Waals surface area contributed by atoms with E-state index in [4.69, 9.17) is 11.5 Å². The van der Waals surface area contributed by atoms with Gasteiger partial charge in [-0.1, -0.05) is 11.6 Å². The van der Waals surface area contributed by atoms with Gasteiger partial charge in [0.25, 0.3) is 5.91 Å². The van der Waals surface area contributed by atoms with Gasteiger partial charge >= 0.3 is 6.55 Å². The summed E-state index contributed by atoms with van der Waals surface area (Å²) in [6, 6.07) is 0. The zero-order chi connectivity index (χ0) is 18.7. The predicted molar refractivity (Wildman–Crippen MR) is 90.9 cm³/mol. The van der Waals surface area contributed by atoms with Crippen LogP contribution in [0.3, 0.4) is 0 Å². The van der Waals surface area contributed by atoms with Crippen molar-refractivity contribution in [3.63, 3.8) is 0 Å². The molecule has 0 saturated carbocycles. The van der Waals surface area contributed by atoms with E-state index >= 15 is 0 Å². The summed E-state index contributed by atoms with van der Waals surface area (Å²) in [5, 5.41) is 9.43. The number of pyridine rings is 1. The molecule has 2 rings (SSSR count). The van der Waals surface area contributed by atoms with Crippen molar-refractivity contribution in [2.24, 2.45) is 5.73 Å². The van der Waals surface area contributed by atoms with Crippen LogP contribution in [0.15, 0.2) is 35.9 Å². The number of primary amides is 1. The van der Waals surface area contributed by atoms with Crippen LogP contribution >= 0.6 is 0 Å². The number of nitrogens with zero attached hydrogens (tertiary/aromatic N) is 3. The van der Waals surface area contributed by atoms with Crippen molar-refractivity contribution in [3.8, 4) is 0 Å². The number of aliphatic hydroxyl groups excluding tert-OH is 1. The molecular formula is C16H17F2N5O2. The van der Waals surface area contributed by atoms with Gasteiger partial charge < -0.3 is 16.6 Å². The van der Waals surface area contributed by atoms with Crippen molar-refractivity contribution in [2.75, 3.05) is 5.73 Å². The molecule has 0 aliphatic heterocycles. The summed E-state index contributed by atoms with van der Waals surface area (Å²) in [5.74, 6) is -0.878. The Hall–Kier alpha value is -3.23. The summed E-state index contributed by atoms with van der Waals surface area (Å²) in [6.07, 6.45) is 7.01. The molecule has 7 nitrogen and oxygen atoms in total. The first-order valence-corrected chi connectivity index (χ1v) is 7.21. The van der Waals surface area contributed by atoms with Gasteiger partial charge in [0.05, 0.1) is 5.69 Å². The van der Waals surface area contributed by atoms with Crippen LogP contribution in [0.5, 0.6) is 0 Å². The molecule has 2 aromatic rings. The summed E-state index contributed by atoms with van der Waals surface area (Å²) in [6.45, 7) is 0.490. The molecule has 5 N–H and O–H groups in total. The van der Waals surface area contributed by atoms with Crippen molar-refractivity contribution in [3.05, 3.63) is 47.1 Å². The van der Waals surface area contributed by atoms with Gasteiger partial charge in [-0.05, 0) is 32.1 Å². The molecule has 132 valence electrons. The minimum atomic E-state index is -2.88. The summed E-state index contributed by atoms with van der Waals surface area (Å²) in [7, 11) is 0. The van der Waals surface area contributed by atoms with Crippen LogP contribution in [-0.4, -0.2) is 25.5 Å². The number of carbonyl (C=O) groups is 1. The standard InChI is InChI=1S/C16H17F2N5O2/c1-3-9(24)5-4-8(2)6-10-11(19)13(14(20)25)22-15-12(10)21-7-23(15)16(17)18/h3-7,16,24H,19H2,1-2H3,(H2,20,25)/b5-4-,8-6+,9-3-. The molecule has 0 atom stereocenters. The second-order valence-corrected chi connectivity index (χ2v) is 5.19. The van der Waals surface area contributed by atoms with Gasteiger partial charge in [-0.2, -0.15) is 8.78 Å². The first kappa shape index (κ1) is 18.1. The quantitative estimate of drug-likeness (QED) is 0.566. The highest BCUT2D eigenvalue weighted by Gasteiger charge is 2.21. The van der Waals surface area contributed by atoms with Crippen molar-refractivity contribution >= 4 is 28.8 Å². The highest BCUT2D eigenvalue weighted by molar-refractivity contribution is 6.02. The van der Waals surface area contributed by atoms with E-state index in [2.05, 4.69) is 9.97 Å². The average Bonchev–Trinajstić information content (AvgIpc) is 2.98. The SMILES string of the molecule is C/C=C(O)/C=C\C(C)=C\c1c(N)c(C(N)=O)nc2c1ncn2C(F)F. The summed E-state index contributed by atoms with van der Waals surface area (Å²) >= 11 is 0. The van der Waals surface area contributed by atoms with Gasteiger partial charge in [0.1, 0.15) is 17.6 Å². The number of anilines is 1. The fourth-order valence-electron chi connectivity index (χ4n) is 2.14. The highest BCUT2D eigenvalue weighted by Crippen LogP contribution is 2.29. The van der Waals surface area contributed by atoms with Crippen LogP contribution in [-0.2, 0) is 0 Å². The predicted octanol–water partition coefficient (Wildman–Crippen LogP) is 2.93. The van der Waals surface area contributed by atoms with Gasteiger partial charge in [-0.3, -0.25) is 9.36 Å². The lowest BCUT2D eigenvalue weighted by atomic mass is 10.1. The van der Waals surface area contributed by atoms with Gasteiger partial charge in [0, 0.05) is 5.56 Å². The largest absolute Gasteiger partial charge is 0.508 e. The second kappa shape index (κ2) is 7.12. The molecule has 0 saturated heterocycles. The molecule has 0 fully saturated rings. The summed E-state index contributed by atoms with van der Waals surface area (Å²) in [4.78, 5) is 19.3. The fraction of sp³-hybridized carbons (Fsp3) is 0.188. The second-order valence-electron chi connectivity index (χ2n) is 5.19. The number of amides is 1. The van der Waals surface area contributed by atoms with E-state index in [9.17, 15) is 18.7 Å². The third kappa shape index (κ3) is 3.65. The average molecular weight is 349 g/mol. The number of hydrogen-bond acceptors (Lipinski definition) is 5. The molecule has 2 heterocycles. The third-order valence-electron chi connectivity index (χ3n) is 3.41. The Balaban J connectivity index is 2.71. The third-order valence-corrected chi connectivity index (χ3v) is 3.41. The van der Waals surface area contributed by atoms with Crippen molar-refractivity contribution in [2.45, 2.75) is 20.4 Å². The Bertz CT molecular complexity index is 913. The minimum absolute atomic E-state index is 0.0532. The van der Waals surface area contributed by atoms with Crippen LogP contribution in [0.25, 0.3) is 17.2 Å². The van der Waals surface area contributed by atoms with E-state index in [1.165, 1.54) is 12.2 Å². The van der Waals surface area contributed by atoms with E-state index in [1.54, 1.807) is 26.0 Å². The number of nitrogen functional groups attached to an aromatic ring is 1. The smallest absolute Gasteiger partial charge is 0.321 e. The maximum atomic E-state index is 13.1. The molecular weight excluding hydrogens is 332 g/mol. The van der Waals surface area contributed by atoms with E-state index in [0.29, 0.717) is 10.1 Å². The van der Waals surface area contributed by atoms with Crippen LogP contribution in [0.2, 0.25) is 0 Å². The maximum Gasteiger partial charge on any atom is 0.321 e. The number of nitrogens with two attached hydrogens (primary N) is 2. The Labute approximate surface area is 142 Å². The number of aromatic nitrogens is 3. The van der Waals surface area contributed by atoms with E-state index in [1.807, 2.05) is 0 Å². The van der Waals surface area contributed by atoms with Crippen molar-refractivity contribution in [1.82, 2.24) is 14.5 Å². The van der Waals surface area contributed by atoms with Crippen molar-refractivity contribution < 1.29 is 18.7 Å².